The average molecular weight is 631 g/mol. The lowest BCUT2D eigenvalue weighted by Gasteiger charge is -2.29. The lowest BCUT2D eigenvalue weighted by atomic mass is 10.0. The first-order valence-electron chi connectivity index (χ1n) is 14.6. The number of carbonyl (C=O) groups is 2. The molecule has 0 fully saturated rings. The number of carboxylic acids is 1. The van der Waals surface area contributed by atoms with Crippen LogP contribution in [0.2, 0.25) is 0 Å². The van der Waals surface area contributed by atoms with Gasteiger partial charge < -0.3 is 20.1 Å². The van der Waals surface area contributed by atoms with Crippen LogP contribution in [0.4, 0.5) is 0 Å². The van der Waals surface area contributed by atoms with Gasteiger partial charge in [-0.2, -0.15) is 0 Å². The fourth-order valence-electron chi connectivity index (χ4n) is 3.93. The number of amides is 1. The number of carbonyl (C=O) groups excluding carboxylic acids is 1. The van der Waals surface area contributed by atoms with Gasteiger partial charge in [-0.3, -0.25) is 10.2 Å². The largest absolute Gasteiger partial charge is 0.478 e. The molecule has 0 radical (unpaired) electrons. The molecule has 2 unspecified atom stereocenters. The number of aromatic carboxylic acids is 1. The molecule has 0 aliphatic carbocycles. The van der Waals surface area contributed by atoms with Crippen LogP contribution < -0.4 is 10.1 Å². The summed E-state index contributed by atoms with van der Waals surface area (Å²) in [5, 5.41) is 21.2. The number of amidine groups is 1. The standard InChI is InChI=1S/C31H41N3O4.C3H4Cl2/c1-5-8-10-21-34(20-9-6-2)29(32)28(33-30(35)23(4)11-7-3)22-24-12-16-26(17-13-24)38-27-18-14-25(15-19-27)31(36)37;4-2-1-3-5/h5,8,10,12-19,21,23,28,32H,6-7,9,11,20,22H2,1-4H3,(H,33,35)(H,36,37);1-2H,3H2/b8-5+,21-10+,32-29?;2-1+. The van der Waals surface area contributed by atoms with Crippen molar-refractivity contribution in [3.05, 3.63) is 95.7 Å². The van der Waals surface area contributed by atoms with Crippen LogP contribution in [0.15, 0.2) is 84.6 Å². The van der Waals surface area contributed by atoms with Crippen LogP contribution in [0, 0.1) is 11.3 Å². The maximum Gasteiger partial charge on any atom is 0.335 e. The number of hydrogen-bond donors (Lipinski definition) is 3. The van der Waals surface area contributed by atoms with Crippen LogP contribution in [0.25, 0.3) is 0 Å². The maximum atomic E-state index is 12.9. The first kappa shape index (κ1) is 37.5. The van der Waals surface area contributed by atoms with Crippen molar-refractivity contribution in [3.63, 3.8) is 0 Å². The molecule has 7 nitrogen and oxygen atoms in total. The number of hydrogen-bond acceptors (Lipinski definition) is 4. The summed E-state index contributed by atoms with van der Waals surface area (Å²) in [7, 11) is 0. The molecule has 2 aromatic carbocycles. The second-order valence-corrected chi connectivity index (χ2v) is 10.4. The Labute approximate surface area is 266 Å². The monoisotopic (exact) mass is 629 g/mol. The van der Waals surface area contributed by atoms with E-state index in [-0.39, 0.29) is 17.4 Å². The fraction of sp³-hybridized carbons (Fsp3) is 0.382. The molecule has 9 heteroatoms. The molecular formula is C34H45Cl2N3O4. The van der Waals surface area contributed by atoms with Gasteiger partial charge in [-0.25, -0.2) is 4.79 Å². The molecule has 2 rings (SSSR count). The number of halogens is 2. The number of allylic oxidation sites excluding steroid dienone is 4. The number of ether oxygens (including phenoxy) is 1. The number of carboxylic acid groups (broad SMARTS) is 1. The summed E-state index contributed by atoms with van der Waals surface area (Å²) in [5.74, 6) is 0.865. The number of nitrogens with one attached hydrogen (secondary N) is 2. The minimum absolute atomic E-state index is 0.0424. The molecule has 0 saturated carbocycles. The Bertz CT molecular complexity index is 1200. The second kappa shape index (κ2) is 22.1. The molecule has 0 spiro atoms. The summed E-state index contributed by atoms with van der Waals surface area (Å²) >= 11 is 10.2. The molecule has 0 aliphatic rings. The van der Waals surface area contributed by atoms with Crippen LogP contribution in [0.1, 0.15) is 69.3 Å². The molecular weight excluding hydrogens is 585 g/mol. The fourth-order valence-corrected chi connectivity index (χ4v) is 4.20. The van der Waals surface area contributed by atoms with Gasteiger partial charge in [-0.05, 0) is 74.2 Å². The minimum Gasteiger partial charge on any atom is -0.478 e. The van der Waals surface area contributed by atoms with E-state index in [1.54, 1.807) is 18.2 Å². The van der Waals surface area contributed by atoms with Gasteiger partial charge in [0.05, 0.1) is 11.6 Å². The molecule has 1 amide bonds. The minimum atomic E-state index is -0.984. The number of unbranched alkanes of at least 4 members (excludes halogenated alkanes) is 1. The molecule has 0 bridgehead atoms. The van der Waals surface area contributed by atoms with E-state index in [2.05, 4.69) is 19.2 Å². The zero-order valence-electron chi connectivity index (χ0n) is 25.6. The summed E-state index contributed by atoms with van der Waals surface area (Å²) in [5.41, 5.74) is 2.56. The van der Waals surface area contributed by atoms with E-state index in [0.717, 1.165) is 31.2 Å². The molecule has 0 saturated heterocycles. The van der Waals surface area contributed by atoms with Crippen molar-refractivity contribution in [3.8, 4) is 11.5 Å². The van der Waals surface area contributed by atoms with Crippen molar-refractivity contribution in [2.45, 2.75) is 65.8 Å². The Morgan fingerprint density at radius 1 is 1.05 bits per heavy atom. The third-order valence-corrected chi connectivity index (χ3v) is 6.68. The van der Waals surface area contributed by atoms with Crippen LogP contribution in [-0.2, 0) is 11.2 Å². The summed E-state index contributed by atoms with van der Waals surface area (Å²) in [6.45, 7) is 8.76. The SMILES string of the molecule is C/C=C/C=C/N(CCCC)C(=N)C(Cc1ccc(Oc2ccc(C(=O)O)cc2)cc1)NC(=O)C(C)CCC.Cl/C=C/CCl. The zero-order chi connectivity index (χ0) is 32.0. The van der Waals surface area contributed by atoms with Gasteiger partial charge >= 0.3 is 5.97 Å². The van der Waals surface area contributed by atoms with Crippen molar-refractivity contribution in [2.75, 3.05) is 12.4 Å². The predicted molar refractivity (Wildman–Crippen MR) is 179 cm³/mol. The number of rotatable bonds is 16. The highest BCUT2D eigenvalue weighted by Gasteiger charge is 2.24. The highest BCUT2D eigenvalue weighted by Crippen LogP contribution is 2.23. The summed E-state index contributed by atoms with van der Waals surface area (Å²) in [6, 6.07) is 13.3. The first-order valence-corrected chi connectivity index (χ1v) is 15.5. The predicted octanol–water partition coefficient (Wildman–Crippen LogP) is 8.79. The Morgan fingerprint density at radius 2 is 1.67 bits per heavy atom. The summed E-state index contributed by atoms with van der Waals surface area (Å²) in [6.07, 6.45) is 13.5. The molecule has 3 N–H and O–H groups in total. The van der Waals surface area contributed by atoms with E-state index in [0.29, 0.717) is 36.2 Å². The zero-order valence-corrected chi connectivity index (χ0v) is 27.1. The lowest BCUT2D eigenvalue weighted by Crippen LogP contribution is -2.49. The van der Waals surface area contributed by atoms with E-state index in [1.807, 2.05) is 67.4 Å². The number of benzene rings is 2. The Morgan fingerprint density at radius 3 is 2.16 bits per heavy atom. The van der Waals surface area contributed by atoms with E-state index >= 15 is 0 Å². The van der Waals surface area contributed by atoms with E-state index in [9.17, 15) is 9.59 Å². The molecule has 0 heterocycles. The van der Waals surface area contributed by atoms with Gasteiger partial charge in [0.15, 0.2) is 0 Å². The van der Waals surface area contributed by atoms with Gasteiger partial charge in [0.1, 0.15) is 17.3 Å². The van der Waals surface area contributed by atoms with Gasteiger partial charge in [-0.1, -0.05) is 75.6 Å². The number of nitrogens with zero attached hydrogens (tertiary/aromatic N) is 1. The van der Waals surface area contributed by atoms with Gasteiger partial charge in [0, 0.05) is 30.1 Å². The Balaban J connectivity index is 0.00000170. The van der Waals surface area contributed by atoms with E-state index in [4.69, 9.17) is 38.5 Å². The molecule has 234 valence electrons. The van der Waals surface area contributed by atoms with Crippen LogP contribution in [0.3, 0.4) is 0 Å². The highest BCUT2D eigenvalue weighted by atomic mass is 35.5. The molecule has 2 aromatic rings. The smallest absolute Gasteiger partial charge is 0.335 e. The van der Waals surface area contributed by atoms with Crippen LogP contribution in [-0.4, -0.2) is 46.2 Å². The highest BCUT2D eigenvalue weighted by molar-refractivity contribution is 6.26. The normalized spacial score (nSPS) is 12.5. The summed E-state index contributed by atoms with van der Waals surface area (Å²) in [4.78, 5) is 25.9. The summed E-state index contributed by atoms with van der Waals surface area (Å²) < 4.78 is 5.85. The Hall–Kier alpha value is -3.55. The van der Waals surface area contributed by atoms with Gasteiger partial charge in [-0.15, -0.1) is 11.6 Å². The van der Waals surface area contributed by atoms with Crippen molar-refractivity contribution >= 4 is 40.9 Å². The molecule has 0 aromatic heterocycles. The second-order valence-electron chi connectivity index (χ2n) is 9.85. The maximum absolute atomic E-state index is 12.9. The van der Waals surface area contributed by atoms with Gasteiger partial charge in [0.25, 0.3) is 0 Å². The first-order chi connectivity index (χ1) is 20.7. The van der Waals surface area contributed by atoms with Crippen LogP contribution >= 0.6 is 23.2 Å². The van der Waals surface area contributed by atoms with Crippen molar-refractivity contribution in [2.24, 2.45) is 5.92 Å². The Kier molecular flexibility index (Phi) is 19.2. The lowest BCUT2D eigenvalue weighted by molar-refractivity contribution is -0.125. The third kappa shape index (κ3) is 15.0. The molecule has 0 aliphatic heterocycles. The van der Waals surface area contributed by atoms with Crippen molar-refractivity contribution in [1.82, 2.24) is 10.2 Å². The number of alkyl halides is 1. The van der Waals surface area contributed by atoms with E-state index < -0.39 is 12.0 Å². The van der Waals surface area contributed by atoms with Crippen molar-refractivity contribution in [1.29, 1.82) is 5.41 Å². The van der Waals surface area contributed by atoms with E-state index in [1.165, 1.54) is 17.7 Å². The third-order valence-electron chi connectivity index (χ3n) is 6.33. The quantitative estimate of drug-likeness (QED) is 0.0745. The average Bonchev–Trinajstić information content (AvgIpc) is 3.00. The van der Waals surface area contributed by atoms with Gasteiger partial charge in [0.2, 0.25) is 5.91 Å². The topological polar surface area (TPSA) is 103 Å². The molecule has 43 heavy (non-hydrogen) atoms. The van der Waals surface area contributed by atoms with Crippen LogP contribution in [0.5, 0.6) is 11.5 Å². The van der Waals surface area contributed by atoms with Crippen molar-refractivity contribution < 1.29 is 19.4 Å². The molecule has 2 atom stereocenters.